The normalized spacial score (nSPS) is 10.6. The molecule has 2 rings (SSSR count). The SMILES string of the molecule is CCCCc1nc(Cl)c(CNc2cccc(OC)c2)[nH]1. The van der Waals surface area contributed by atoms with Crippen molar-refractivity contribution in [2.75, 3.05) is 12.4 Å². The molecule has 0 amide bonds. The molecule has 0 spiro atoms. The lowest BCUT2D eigenvalue weighted by atomic mass is 10.2. The standard InChI is InChI=1S/C15H20ClN3O/c1-3-4-8-14-18-13(15(16)19-14)10-17-11-6-5-7-12(9-11)20-2/h5-7,9,17H,3-4,8,10H2,1-2H3,(H,18,19). The second-order valence-corrected chi connectivity index (χ2v) is 5.00. The first-order chi connectivity index (χ1) is 9.72. The van der Waals surface area contributed by atoms with Crippen LogP contribution in [0.4, 0.5) is 5.69 Å². The van der Waals surface area contributed by atoms with E-state index in [0.717, 1.165) is 42.2 Å². The molecule has 1 aromatic carbocycles. The van der Waals surface area contributed by atoms with Crippen LogP contribution >= 0.6 is 11.6 Å². The van der Waals surface area contributed by atoms with Crippen LogP contribution in [0.3, 0.4) is 0 Å². The van der Waals surface area contributed by atoms with Crippen LogP contribution in [0.2, 0.25) is 5.15 Å². The van der Waals surface area contributed by atoms with Crippen molar-refractivity contribution in [3.63, 3.8) is 0 Å². The van der Waals surface area contributed by atoms with Gasteiger partial charge < -0.3 is 15.0 Å². The largest absolute Gasteiger partial charge is 0.497 e. The highest BCUT2D eigenvalue weighted by molar-refractivity contribution is 6.30. The fourth-order valence-electron chi connectivity index (χ4n) is 1.94. The molecule has 1 heterocycles. The molecule has 0 fully saturated rings. The molecule has 2 aromatic rings. The Morgan fingerprint density at radius 2 is 2.25 bits per heavy atom. The van der Waals surface area contributed by atoms with Gasteiger partial charge in [0.15, 0.2) is 5.15 Å². The van der Waals surface area contributed by atoms with Crippen LogP contribution in [-0.2, 0) is 13.0 Å². The van der Waals surface area contributed by atoms with E-state index in [4.69, 9.17) is 16.3 Å². The highest BCUT2D eigenvalue weighted by Crippen LogP contribution is 2.19. The van der Waals surface area contributed by atoms with Crippen LogP contribution < -0.4 is 10.1 Å². The van der Waals surface area contributed by atoms with Crippen molar-refractivity contribution < 1.29 is 4.74 Å². The zero-order valence-electron chi connectivity index (χ0n) is 11.9. The second-order valence-electron chi connectivity index (χ2n) is 4.64. The maximum absolute atomic E-state index is 6.14. The van der Waals surface area contributed by atoms with Gasteiger partial charge in [0.05, 0.1) is 19.3 Å². The van der Waals surface area contributed by atoms with Crippen molar-refractivity contribution in [2.45, 2.75) is 32.7 Å². The molecule has 0 unspecified atom stereocenters. The predicted octanol–water partition coefficient (Wildman–Crippen LogP) is 4.03. The number of benzene rings is 1. The monoisotopic (exact) mass is 293 g/mol. The predicted molar refractivity (Wildman–Crippen MR) is 82.5 cm³/mol. The van der Waals surface area contributed by atoms with Crippen molar-refractivity contribution in [2.24, 2.45) is 0 Å². The lowest BCUT2D eigenvalue weighted by Crippen LogP contribution is -2.00. The quantitative estimate of drug-likeness (QED) is 0.810. The van der Waals surface area contributed by atoms with E-state index in [1.54, 1.807) is 7.11 Å². The summed E-state index contributed by atoms with van der Waals surface area (Å²) < 4.78 is 5.19. The Kier molecular flexibility index (Phi) is 5.30. The van der Waals surface area contributed by atoms with Gasteiger partial charge in [-0.25, -0.2) is 4.98 Å². The van der Waals surface area contributed by atoms with Crippen molar-refractivity contribution in [1.82, 2.24) is 9.97 Å². The van der Waals surface area contributed by atoms with Crippen LogP contribution in [0.1, 0.15) is 31.3 Å². The minimum absolute atomic E-state index is 0.548. The number of nitrogens with one attached hydrogen (secondary N) is 2. The smallest absolute Gasteiger partial charge is 0.152 e. The van der Waals surface area contributed by atoms with Gasteiger partial charge in [-0.2, -0.15) is 0 Å². The Morgan fingerprint density at radius 3 is 3.00 bits per heavy atom. The number of hydrogen-bond donors (Lipinski definition) is 2. The van der Waals surface area contributed by atoms with Gasteiger partial charge in [0, 0.05) is 18.2 Å². The fourth-order valence-corrected chi connectivity index (χ4v) is 2.16. The Bertz CT molecular complexity index is 554. The molecule has 1 aromatic heterocycles. The summed E-state index contributed by atoms with van der Waals surface area (Å²) >= 11 is 6.14. The number of hydrogen-bond acceptors (Lipinski definition) is 3. The van der Waals surface area contributed by atoms with Crippen LogP contribution in [0.5, 0.6) is 5.75 Å². The van der Waals surface area contributed by atoms with Crippen LogP contribution in [0, 0.1) is 0 Å². The highest BCUT2D eigenvalue weighted by atomic mass is 35.5. The van der Waals surface area contributed by atoms with Gasteiger partial charge in [-0.15, -0.1) is 0 Å². The summed E-state index contributed by atoms with van der Waals surface area (Å²) in [7, 11) is 1.66. The van der Waals surface area contributed by atoms with Crippen molar-refractivity contribution in [1.29, 1.82) is 0 Å². The molecule has 0 aliphatic heterocycles. The molecule has 0 atom stereocenters. The molecule has 0 bridgehead atoms. The molecular formula is C15H20ClN3O. The lowest BCUT2D eigenvalue weighted by molar-refractivity contribution is 0.415. The third kappa shape index (κ3) is 3.90. The maximum Gasteiger partial charge on any atom is 0.152 e. The number of ether oxygens (including phenoxy) is 1. The van der Waals surface area contributed by atoms with E-state index < -0.39 is 0 Å². The molecule has 108 valence electrons. The average molecular weight is 294 g/mol. The minimum atomic E-state index is 0.548. The summed E-state index contributed by atoms with van der Waals surface area (Å²) in [6.07, 6.45) is 3.21. The number of methoxy groups -OCH3 is 1. The maximum atomic E-state index is 6.14. The number of aryl methyl sites for hydroxylation is 1. The number of rotatable bonds is 7. The van der Waals surface area contributed by atoms with Gasteiger partial charge in [0.1, 0.15) is 11.6 Å². The molecule has 0 saturated carbocycles. The van der Waals surface area contributed by atoms with Gasteiger partial charge >= 0.3 is 0 Å². The Labute approximate surface area is 124 Å². The van der Waals surface area contributed by atoms with Gasteiger partial charge in [0.2, 0.25) is 0 Å². The first kappa shape index (κ1) is 14.7. The zero-order chi connectivity index (χ0) is 14.4. The van der Waals surface area contributed by atoms with Crippen LogP contribution in [0.15, 0.2) is 24.3 Å². The van der Waals surface area contributed by atoms with E-state index in [0.29, 0.717) is 11.7 Å². The third-order valence-corrected chi connectivity index (χ3v) is 3.40. The summed E-state index contributed by atoms with van der Waals surface area (Å²) in [4.78, 5) is 7.62. The highest BCUT2D eigenvalue weighted by Gasteiger charge is 2.07. The Hall–Kier alpha value is -1.68. The Morgan fingerprint density at radius 1 is 1.40 bits per heavy atom. The van der Waals surface area contributed by atoms with Crippen molar-refractivity contribution >= 4 is 17.3 Å². The first-order valence-electron chi connectivity index (χ1n) is 6.84. The lowest BCUT2D eigenvalue weighted by Gasteiger charge is -2.07. The second kappa shape index (κ2) is 7.20. The summed E-state index contributed by atoms with van der Waals surface area (Å²) in [6.45, 7) is 2.78. The summed E-state index contributed by atoms with van der Waals surface area (Å²) in [5.41, 5.74) is 1.91. The zero-order valence-corrected chi connectivity index (χ0v) is 12.6. The fraction of sp³-hybridized carbons (Fsp3) is 0.400. The molecule has 4 nitrogen and oxygen atoms in total. The van der Waals surface area contributed by atoms with E-state index in [2.05, 4.69) is 22.2 Å². The number of aromatic amines is 1. The van der Waals surface area contributed by atoms with Crippen LogP contribution in [0.25, 0.3) is 0 Å². The molecule has 0 saturated heterocycles. The van der Waals surface area contributed by atoms with Crippen LogP contribution in [-0.4, -0.2) is 17.1 Å². The summed E-state index contributed by atoms with van der Waals surface area (Å²) in [5.74, 6) is 1.79. The van der Waals surface area contributed by atoms with E-state index in [1.165, 1.54) is 0 Å². The van der Waals surface area contributed by atoms with E-state index in [1.807, 2.05) is 24.3 Å². The molecule has 0 radical (unpaired) electrons. The third-order valence-electron chi connectivity index (χ3n) is 3.08. The van der Waals surface area contributed by atoms with Crippen molar-refractivity contribution in [3.05, 3.63) is 40.9 Å². The Balaban J connectivity index is 1.97. The number of imidazole rings is 1. The van der Waals surface area contributed by atoms with Crippen molar-refractivity contribution in [3.8, 4) is 5.75 Å². The average Bonchev–Trinajstić information content (AvgIpc) is 2.83. The number of aromatic nitrogens is 2. The van der Waals surface area contributed by atoms with E-state index in [-0.39, 0.29) is 0 Å². The number of H-pyrrole nitrogens is 1. The van der Waals surface area contributed by atoms with Gasteiger partial charge in [-0.1, -0.05) is 31.0 Å². The van der Waals surface area contributed by atoms with Gasteiger partial charge in [-0.3, -0.25) is 0 Å². The molecule has 5 heteroatoms. The molecule has 20 heavy (non-hydrogen) atoms. The molecule has 0 aliphatic rings. The summed E-state index contributed by atoms with van der Waals surface area (Å²) in [5, 5.41) is 3.86. The molecule has 2 N–H and O–H groups in total. The number of unbranched alkanes of at least 4 members (excludes halogenated alkanes) is 1. The topological polar surface area (TPSA) is 49.9 Å². The minimum Gasteiger partial charge on any atom is -0.497 e. The van der Waals surface area contributed by atoms with Gasteiger partial charge in [-0.05, 0) is 18.6 Å². The first-order valence-corrected chi connectivity index (χ1v) is 7.22. The van der Waals surface area contributed by atoms with E-state index >= 15 is 0 Å². The molecular weight excluding hydrogens is 274 g/mol. The number of nitrogens with zero attached hydrogens (tertiary/aromatic N) is 1. The molecule has 0 aliphatic carbocycles. The van der Waals surface area contributed by atoms with E-state index in [9.17, 15) is 0 Å². The summed E-state index contributed by atoms with van der Waals surface area (Å²) in [6, 6.07) is 7.80. The van der Waals surface area contributed by atoms with Gasteiger partial charge in [0.25, 0.3) is 0 Å². The number of anilines is 1. The number of halogens is 1.